The topological polar surface area (TPSA) is 32.3 Å². The molecule has 0 bridgehead atoms. The number of hydrogen-bond donors (Lipinski definition) is 1. The number of hydrogen-bond acceptors (Lipinski definition) is 2. The minimum absolute atomic E-state index is 0.123. The molecule has 1 aliphatic rings. The van der Waals surface area contributed by atoms with E-state index in [2.05, 4.69) is 19.2 Å². The van der Waals surface area contributed by atoms with Crippen molar-refractivity contribution in [1.29, 1.82) is 0 Å². The van der Waals surface area contributed by atoms with Crippen molar-refractivity contribution in [3.8, 4) is 0 Å². The molecule has 1 heterocycles. The van der Waals surface area contributed by atoms with Gasteiger partial charge in [0.1, 0.15) is 0 Å². The molecule has 1 aliphatic heterocycles. The van der Waals surface area contributed by atoms with E-state index in [1.807, 2.05) is 32.6 Å². The van der Waals surface area contributed by atoms with Crippen LogP contribution >= 0.6 is 0 Å². The maximum absolute atomic E-state index is 11.7. The maximum Gasteiger partial charge on any atom is 0.225 e. The van der Waals surface area contributed by atoms with Gasteiger partial charge in [-0.25, -0.2) is 0 Å². The van der Waals surface area contributed by atoms with Crippen molar-refractivity contribution >= 4 is 5.91 Å². The Hall–Kier alpha value is -0.570. The first kappa shape index (κ1) is 14.4. The quantitative estimate of drug-likeness (QED) is 0.723. The van der Waals surface area contributed by atoms with E-state index in [9.17, 15) is 4.79 Å². The molecule has 3 heteroatoms. The van der Waals surface area contributed by atoms with E-state index in [0.29, 0.717) is 12.1 Å². The Balaban J connectivity index is 0.000000921. The van der Waals surface area contributed by atoms with E-state index in [1.165, 1.54) is 0 Å². The molecule has 1 N–H and O–H groups in total. The molecule has 3 nitrogen and oxygen atoms in total. The van der Waals surface area contributed by atoms with Gasteiger partial charge in [-0.05, 0) is 13.8 Å². The standard InChI is InChI=1S/C10H20N2O.C2H6/c1-7(2)10(13)12-5-8(3)11-9(4)6-12;1-2/h7-9,11H,5-6H2,1-4H3;1-2H3. The van der Waals surface area contributed by atoms with Crippen molar-refractivity contribution in [3.63, 3.8) is 0 Å². The van der Waals surface area contributed by atoms with Crippen molar-refractivity contribution < 1.29 is 4.79 Å². The number of carbonyl (C=O) groups is 1. The fraction of sp³-hybridized carbons (Fsp3) is 0.917. The highest BCUT2D eigenvalue weighted by Crippen LogP contribution is 2.08. The number of carbonyl (C=O) groups excluding carboxylic acids is 1. The largest absolute Gasteiger partial charge is 0.339 e. The van der Waals surface area contributed by atoms with Crippen molar-refractivity contribution in [2.24, 2.45) is 5.92 Å². The third-order valence-electron chi connectivity index (χ3n) is 2.36. The monoisotopic (exact) mass is 214 g/mol. The van der Waals surface area contributed by atoms with Gasteiger partial charge in [0.25, 0.3) is 0 Å². The number of nitrogens with zero attached hydrogens (tertiary/aromatic N) is 1. The van der Waals surface area contributed by atoms with E-state index in [-0.39, 0.29) is 11.8 Å². The Morgan fingerprint density at radius 3 is 1.93 bits per heavy atom. The molecule has 1 rings (SSSR count). The second-order valence-electron chi connectivity index (χ2n) is 4.37. The lowest BCUT2D eigenvalue weighted by Gasteiger charge is -2.37. The molecule has 0 aliphatic carbocycles. The lowest BCUT2D eigenvalue weighted by atomic mass is 10.1. The summed E-state index contributed by atoms with van der Waals surface area (Å²) in [6.45, 7) is 13.9. The number of nitrogens with one attached hydrogen (secondary N) is 1. The van der Waals surface area contributed by atoms with Crippen LogP contribution in [0, 0.1) is 5.92 Å². The first-order valence-corrected chi connectivity index (χ1v) is 6.05. The predicted molar refractivity (Wildman–Crippen MR) is 64.8 cm³/mol. The summed E-state index contributed by atoms with van der Waals surface area (Å²) in [5.74, 6) is 0.401. The first-order valence-electron chi connectivity index (χ1n) is 6.05. The van der Waals surface area contributed by atoms with Crippen LogP contribution < -0.4 is 5.32 Å². The third-order valence-corrected chi connectivity index (χ3v) is 2.36. The molecular weight excluding hydrogens is 188 g/mol. The summed E-state index contributed by atoms with van der Waals surface area (Å²) in [7, 11) is 0. The predicted octanol–water partition coefficient (Wildman–Crippen LogP) is 1.88. The Bertz CT molecular complexity index is 182. The molecule has 0 saturated carbocycles. The second-order valence-corrected chi connectivity index (χ2v) is 4.37. The highest BCUT2D eigenvalue weighted by atomic mass is 16.2. The average Bonchev–Trinajstić information content (AvgIpc) is 2.18. The summed E-state index contributed by atoms with van der Waals surface area (Å²) in [6, 6.07) is 0.845. The molecule has 0 radical (unpaired) electrons. The van der Waals surface area contributed by atoms with E-state index >= 15 is 0 Å². The normalized spacial score (nSPS) is 25.9. The van der Waals surface area contributed by atoms with Crippen LogP contribution in [-0.4, -0.2) is 36.0 Å². The smallest absolute Gasteiger partial charge is 0.225 e. The molecule has 90 valence electrons. The zero-order valence-electron chi connectivity index (χ0n) is 11.0. The highest BCUT2D eigenvalue weighted by Gasteiger charge is 2.25. The van der Waals surface area contributed by atoms with E-state index in [0.717, 1.165) is 13.1 Å². The molecule has 0 aromatic rings. The highest BCUT2D eigenvalue weighted by molar-refractivity contribution is 5.78. The van der Waals surface area contributed by atoms with E-state index in [4.69, 9.17) is 0 Å². The minimum atomic E-state index is 0.123. The summed E-state index contributed by atoms with van der Waals surface area (Å²) >= 11 is 0. The van der Waals surface area contributed by atoms with E-state index < -0.39 is 0 Å². The Morgan fingerprint density at radius 2 is 1.60 bits per heavy atom. The molecule has 2 atom stereocenters. The van der Waals surface area contributed by atoms with Gasteiger partial charge in [-0.2, -0.15) is 0 Å². The molecule has 0 aromatic heterocycles. The summed E-state index contributed by atoms with van der Waals surface area (Å²) in [5.41, 5.74) is 0. The van der Waals surface area contributed by atoms with Crippen molar-refractivity contribution in [2.75, 3.05) is 13.1 Å². The molecular formula is C12H26N2O. The average molecular weight is 214 g/mol. The van der Waals surface area contributed by atoms with Crippen LogP contribution in [0.3, 0.4) is 0 Å². The van der Waals surface area contributed by atoms with Crippen LogP contribution in [0.4, 0.5) is 0 Å². The molecule has 15 heavy (non-hydrogen) atoms. The summed E-state index contributed by atoms with van der Waals surface area (Å²) in [4.78, 5) is 13.7. The fourth-order valence-electron chi connectivity index (χ4n) is 1.87. The van der Waals surface area contributed by atoms with Gasteiger partial charge in [-0.1, -0.05) is 27.7 Å². The molecule has 1 amide bonds. The minimum Gasteiger partial charge on any atom is -0.339 e. The van der Waals surface area contributed by atoms with Crippen LogP contribution in [-0.2, 0) is 4.79 Å². The number of rotatable bonds is 1. The molecule has 1 saturated heterocycles. The summed E-state index contributed by atoms with van der Waals surface area (Å²) in [5, 5.41) is 3.41. The van der Waals surface area contributed by atoms with Crippen molar-refractivity contribution in [1.82, 2.24) is 10.2 Å². The molecule has 0 spiro atoms. The number of amides is 1. The van der Waals surface area contributed by atoms with Gasteiger partial charge >= 0.3 is 0 Å². The van der Waals surface area contributed by atoms with Gasteiger partial charge in [-0.15, -0.1) is 0 Å². The molecule has 0 aromatic carbocycles. The Labute approximate surface area is 94.2 Å². The van der Waals surface area contributed by atoms with Crippen molar-refractivity contribution in [2.45, 2.75) is 53.6 Å². The Morgan fingerprint density at radius 1 is 1.20 bits per heavy atom. The van der Waals surface area contributed by atoms with Gasteiger partial charge < -0.3 is 10.2 Å². The summed E-state index contributed by atoms with van der Waals surface area (Å²) < 4.78 is 0. The lowest BCUT2D eigenvalue weighted by Crippen LogP contribution is -2.56. The van der Waals surface area contributed by atoms with Crippen LogP contribution in [0.1, 0.15) is 41.5 Å². The van der Waals surface area contributed by atoms with E-state index in [1.54, 1.807) is 0 Å². The number of piperazine rings is 1. The van der Waals surface area contributed by atoms with Gasteiger partial charge in [0.05, 0.1) is 0 Å². The second kappa shape index (κ2) is 6.83. The van der Waals surface area contributed by atoms with Crippen LogP contribution in [0.2, 0.25) is 0 Å². The van der Waals surface area contributed by atoms with Crippen LogP contribution in [0.15, 0.2) is 0 Å². The Kier molecular flexibility index (Phi) is 6.57. The van der Waals surface area contributed by atoms with Crippen LogP contribution in [0.25, 0.3) is 0 Å². The molecule has 2 unspecified atom stereocenters. The summed E-state index contributed by atoms with van der Waals surface area (Å²) in [6.07, 6.45) is 0. The zero-order chi connectivity index (χ0) is 12.0. The maximum atomic E-state index is 11.7. The zero-order valence-corrected chi connectivity index (χ0v) is 11.0. The SMILES string of the molecule is CC.CC1CN(C(=O)C(C)C)CC(C)N1. The molecule has 1 fully saturated rings. The van der Waals surface area contributed by atoms with Gasteiger partial charge in [-0.3, -0.25) is 4.79 Å². The first-order chi connectivity index (χ1) is 7.00. The lowest BCUT2D eigenvalue weighted by molar-refractivity contribution is -0.136. The fourth-order valence-corrected chi connectivity index (χ4v) is 1.87. The third kappa shape index (κ3) is 4.65. The van der Waals surface area contributed by atoms with Gasteiger partial charge in [0.2, 0.25) is 5.91 Å². The van der Waals surface area contributed by atoms with Crippen LogP contribution in [0.5, 0.6) is 0 Å². The van der Waals surface area contributed by atoms with Gasteiger partial charge in [0.15, 0.2) is 0 Å². The van der Waals surface area contributed by atoms with Crippen molar-refractivity contribution in [3.05, 3.63) is 0 Å². The van der Waals surface area contributed by atoms with Gasteiger partial charge in [0, 0.05) is 31.1 Å².